The molecule has 0 unspecified atom stereocenters. The van der Waals surface area contributed by atoms with Crippen LogP contribution in [-0.2, 0) is 16.0 Å². The molecule has 0 radical (unpaired) electrons. The van der Waals surface area contributed by atoms with E-state index in [1.807, 2.05) is 6.08 Å². The Labute approximate surface area is 174 Å². The van der Waals surface area contributed by atoms with Gasteiger partial charge in [-0.1, -0.05) is 29.3 Å². The van der Waals surface area contributed by atoms with Gasteiger partial charge in [0.15, 0.2) is 5.43 Å². The van der Waals surface area contributed by atoms with Gasteiger partial charge in [-0.3, -0.25) is 9.59 Å². The lowest BCUT2D eigenvalue weighted by atomic mass is 10.1. The predicted molar refractivity (Wildman–Crippen MR) is 111 cm³/mol. The molecule has 0 spiro atoms. The SMILES string of the molecule is O=C(O)C(=O)Nc1ccc2c(=O)c3c(oc2c1)C(=Cc1ccc(Cl)cc1Cl)CC3. The lowest BCUT2D eigenvalue weighted by molar-refractivity contribution is -0.147. The first-order valence-electron chi connectivity index (χ1n) is 8.63. The molecule has 29 heavy (non-hydrogen) atoms. The molecule has 2 N–H and O–H groups in total. The number of hydrogen-bond donors (Lipinski definition) is 2. The Morgan fingerprint density at radius 2 is 1.90 bits per heavy atom. The van der Waals surface area contributed by atoms with E-state index in [9.17, 15) is 14.4 Å². The Morgan fingerprint density at radius 3 is 2.62 bits per heavy atom. The van der Waals surface area contributed by atoms with Crippen molar-refractivity contribution in [3.8, 4) is 0 Å². The number of carbonyl (C=O) groups excluding carboxylic acids is 1. The van der Waals surface area contributed by atoms with Gasteiger partial charge in [0, 0.05) is 27.4 Å². The van der Waals surface area contributed by atoms with Gasteiger partial charge in [0.2, 0.25) is 0 Å². The van der Waals surface area contributed by atoms with E-state index in [1.165, 1.54) is 18.2 Å². The van der Waals surface area contributed by atoms with Crippen LogP contribution in [0.1, 0.15) is 23.3 Å². The molecule has 1 aliphatic rings. The van der Waals surface area contributed by atoms with E-state index in [0.29, 0.717) is 39.6 Å². The number of benzene rings is 2. The van der Waals surface area contributed by atoms with Crippen molar-refractivity contribution in [1.29, 1.82) is 0 Å². The van der Waals surface area contributed by atoms with Gasteiger partial charge in [-0.15, -0.1) is 0 Å². The van der Waals surface area contributed by atoms with Gasteiger partial charge in [-0.2, -0.15) is 0 Å². The van der Waals surface area contributed by atoms with Crippen LogP contribution in [0.3, 0.4) is 0 Å². The number of fused-ring (bicyclic) bond motifs is 2. The van der Waals surface area contributed by atoms with E-state index in [1.54, 1.807) is 18.2 Å². The highest BCUT2D eigenvalue weighted by molar-refractivity contribution is 6.36. The number of allylic oxidation sites excluding steroid dienone is 1. The maximum absolute atomic E-state index is 12.9. The summed E-state index contributed by atoms with van der Waals surface area (Å²) in [5, 5.41) is 12.3. The number of rotatable bonds is 2. The molecule has 8 heteroatoms. The number of nitrogens with one attached hydrogen (secondary N) is 1. The minimum atomic E-state index is -1.61. The van der Waals surface area contributed by atoms with Crippen molar-refractivity contribution >= 4 is 63.4 Å². The molecule has 2 aromatic carbocycles. The smallest absolute Gasteiger partial charge is 0.394 e. The van der Waals surface area contributed by atoms with Crippen molar-refractivity contribution in [2.24, 2.45) is 0 Å². The molecule has 0 saturated carbocycles. The summed E-state index contributed by atoms with van der Waals surface area (Å²) in [5.74, 6) is -2.31. The van der Waals surface area contributed by atoms with Crippen LogP contribution < -0.4 is 10.7 Å². The first kappa shape index (κ1) is 19.2. The van der Waals surface area contributed by atoms with Crippen LogP contribution in [0.5, 0.6) is 0 Å². The second-order valence-corrected chi connectivity index (χ2v) is 7.39. The lowest BCUT2D eigenvalue weighted by Gasteiger charge is -2.07. The summed E-state index contributed by atoms with van der Waals surface area (Å²) in [6.07, 6.45) is 3.02. The molecule has 6 nitrogen and oxygen atoms in total. The molecule has 0 atom stereocenters. The Hall–Kier alpha value is -3.09. The maximum atomic E-state index is 12.9. The van der Waals surface area contributed by atoms with Crippen molar-refractivity contribution in [3.63, 3.8) is 0 Å². The van der Waals surface area contributed by atoms with Crippen LogP contribution in [0.4, 0.5) is 5.69 Å². The molecule has 1 heterocycles. The average Bonchev–Trinajstić information content (AvgIpc) is 3.07. The summed E-state index contributed by atoms with van der Waals surface area (Å²) in [6, 6.07) is 9.56. The molecule has 0 fully saturated rings. The number of carboxylic acids is 1. The number of carbonyl (C=O) groups is 2. The minimum Gasteiger partial charge on any atom is -0.474 e. The zero-order valence-corrected chi connectivity index (χ0v) is 16.3. The quantitative estimate of drug-likeness (QED) is 0.579. The molecular weight excluding hydrogens is 417 g/mol. The Bertz CT molecular complexity index is 1280. The molecule has 1 aliphatic carbocycles. The second-order valence-electron chi connectivity index (χ2n) is 6.54. The zero-order chi connectivity index (χ0) is 20.7. The van der Waals surface area contributed by atoms with Crippen molar-refractivity contribution in [1.82, 2.24) is 0 Å². The predicted octanol–water partition coefficient (Wildman–Crippen LogP) is 4.61. The van der Waals surface area contributed by atoms with Crippen LogP contribution >= 0.6 is 23.2 Å². The van der Waals surface area contributed by atoms with Crippen LogP contribution in [-0.4, -0.2) is 17.0 Å². The molecule has 0 saturated heterocycles. The summed E-state index contributed by atoms with van der Waals surface area (Å²) in [4.78, 5) is 35.0. The van der Waals surface area contributed by atoms with Gasteiger partial charge in [0.25, 0.3) is 0 Å². The third-order valence-electron chi connectivity index (χ3n) is 4.67. The van der Waals surface area contributed by atoms with Gasteiger partial charge in [-0.25, -0.2) is 4.79 Å². The summed E-state index contributed by atoms with van der Waals surface area (Å²) < 4.78 is 5.98. The molecule has 1 amide bonds. The normalized spacial score (nSPS) is 14.2. The summed E-state index contributed by atoms with van der Waals surface area (Å²) >= 11 is 12.2. The fourth-order valence-electron chi connectivity index (χ4n) is 3.30. The molecule has 146 valence electrons. The van der Waals surface area contributed by atoms with Crippen LogP contribution in [0, 0.1) is 0 Å². The molecule has 1 aromatic heterocycles. The van der Waals surface area contributed by atoms with Crippen LogP contribution in [0.15, 0.2) is 45.6 Å². The molecule has 3 aromatic rings. The average molecular weight is 430 g/mol. The van der Waals surface area contributed by atoms with Crippen molar-refractivity contribution in [2.75, 3.05) is 5.32 Å². The largest absolute Gasteiger partial charge is 0.474 e. The Morgan fingerprint density at radius 1 is 1.10 bits per heavy atom. The second kappa shape index (κ2) is 7.39. The number of halogens is 2. The highest BCUT2D eigenvalue weighted by Crippen LogP contribution is 2.36. The van der Waals surface area contributed by atoms with E-state index >= 15 is 0 Å². The van der Waals surface area contributed by atoms with E-state index in [-0.39, 0.29) is 16.7 Å². The van der Waals surface area contributed by atoms with Crippen molar-refractivity contribution < 1.29 is 19.1 Å². The monoisotopic (exact) mass is 429 g/mol. The number of hydrogen-bond acceptors (Lipinski definition) is 4. The van der Waals surface area contributed by atoms with Gasteiger partial charge >= 0.3 is 11.9 Å². The fraction of sp³-hybridized carbons (Fsp3) is 0.0952. The summed E-state index contributed by atoms with van der Waals surface area (Å²) in [6.45, 7) is 0. The number of carboxylic acid groups (broad SMARTS) is 1. The summed E-state index contributed by atoms with van der Waals surface area (Å²) in [7, 11) is 0. The Balaban J connectivity index is 1.80. The molecule has 4 rings (SSSR count). The number of anilines is 1. The van der Waals surface area contributed by atoms with E-state index in [0.717, 1.165) is 11.1 Å². The van der Waals surface area contributed by atoms with E-state index < -0.39 is 11.9 Å². The first-order valence-corrected chi connectivity index (χ1v) is 9.39. The van der Waals surface area contributed by atoms with Gasteiger partial charge < -0.3 is 14.8 Å². The van der Waals surface area contributed by atoms with Crippen molar-refractivity contribution in [2.45, 2.75) is 12.8 Å². The fourth-order valence-corrected chi connectivity index (χ4v) is 3.76. The standard InChI is InChI=1S/C21H13Cl2NO5/c22-12-3-1-10(16(23)8-12)7-11-2-5-15-18(25)14-6-4-13(24-20(26)21(27)28)9-17(14)29-19(11)15/h1,3-4,6-9H,2,5H2,(H,24,26)(H,27,28). The highest BCUT2D eigenvalue weighted by Gasteiger charge is 2.24. The van der Waals surface area contributed by atoms with Crippen LogP contribution in [0.25, 0.3) is 22.6 Å². The molecule has 0 aliphatic heterocycles. The zero-order valence-electron chi connectivity index (χ0n) is 14.8. The minimum absolute atomic E-state index is 0.150. The third-order valence-corrected chi connectivity index (χ3v) is 5.23. The third kappa shape index (κ3) is 3.64. The lowest BCUT2D eigenvalue weighted by Crippen LogP contribution is -2.21. The maximum Gasteiger partial charge on any atom is 0.394 e. The molecule has 0 bridgehead atoms. The van der Waals surface area contributed by atoms with Crippen molar-refractivity contribution in [3.05, 3.63) is 73.6 Å². The van der Waals surface area contributed by atoms with Gasteiger partial charge in [0.1, 0.15) is 11.3 Å². The van der Waals surface area contributed by atoms with E-state index in [4.69, 9.17) is 32.7 Å². The molecular formula is C21H13Cl2NO5. The number of amides is 1. The van der Waals surface area contributed by atoms with Gasteiger partial charge in [-0.05, 0) is 54.3 Å². The Kier molecular flexibility index (Phi) is 4.90. The van der Waals surface area contributed by atoms with Gasteiger partial charge in [0.05, 0.1) is 5.39 Å². The van der Waals surface area contributed by atoms with Crippen LogP contribution in [0.2, 0.25) is 10.0 Å². The summed E-state index contributed by atoms with van der Waals surface area (Å²) in [5.41, 5.74) is 2.48. The topological polar surface area (TPSA) is 96.6 Å². The highest BCUT2D eigenvalue weighted by atomic mass is 35.5. The first-order chi connectivity index (χ1) is 13.8. The van der Waals surface area contributed by atoms with E-state index in [2.05, 4.69) is 5.32 Å². The number of aliphatic carboxylic acids is 1.